The lowest BCUT2D eigenvalue weighted by molar-refractivity contribution is 0.304. The highest BCUT2D eigenvalue weighted by atomic mass is 79.9. The molecule has 6 heteroatoms. The minimum atomic E-state index is 0.218. The van der Waals surface area contributed by atoms with E-state index in [2.05, 4.69) is 118 Å². The molecular formula is C48H55BrO5. The Morgan fingerprint density at radius 1 is 0.463 bits per heavy atom. The molecule has 54 heavy (non-hydrogen) atoms. The van der Waals surface area contributed by atoms with Gasteiger partial charge in [0.15, 0.2) is 0 Å². The van der Waals surface area contributed by atoms with Crippen molar-refractivity contribution in [1.29, 1.82) is 0 Å². The number of hydrogen-bond acceptors (Lipinski definition) is 5. The summed E-state index contributed by atoms with van der Waals surface area (Å²) in [6, 6.07) is 25.9. The second-order valence-electron chi connectivity index (χ2n) is 14.7. The molecule has 0 heterocycles. The Bertz CT molecular complexity index is 2060. The minimum Gasteiger partial charge on any atom is -0.508 e. The topological polar surface area (TPSA) is 57.2 Å². The van der Waals surface area contributed by atoms with Gasteiger partial charge in [-0.2, -0.15) is 0 Å². The number of hydrogen-bond donors (Lipinski definition) is 1. The maximum absolute atomic E-state index is 11.2. The second kappa shape index (κ2) is 18.3. The van der Waals surface area contributed by atoms with Gasteiger partial charge in [0.25, 0.3) is 0 Å². The highest BCUT2D eigenvalue weighted by molar-refractivity contribution is 9.10. The van der Waals surface area contributed by atoms with Crippen LogP contribution in [0.3, 0.4) is 0 Å². The summed E-state index contributed by atoms with van der Waals surface area (Å²) >= 11 is 3.88. The Morgan fingerprint density at radius 3 is 1.20 bits per heavy atom. The number of para-hydroxylation sites is 1. The average molecular weight is 792 g/mol. The molecule has 1 aliphatic carbocycles. The molecular weight excluding hydrogens is 736 g/mol. The maximum Gasteiger partial charge on any atom is 0.126 e. The summed E-state index contributed by atoms with van der Waals surface area (Å²) in [7, 11) is 0. The molecule has 0 aliphatic heterocycles. The van der Waals surface area contributed by atoms with Crippen molar-refractivity contribution in [1.82, 2.24) is 0 Å². The molecule has 1 aliphatic rings. The molecule has 0 fully saturated rings. The van der Waals surface area contributed by atoms with Crippen molar-refractivity contribution in [2.75, 3.05) is 26.4 Å². The summed E-state index contributed by atoms with van der Waals surface area (Å²) in [5, 5.41) is 11.2. The van der Waals surface area contributed by atoms with Gasteiger partial charge in [0.1, 0.15) is 28.7 Å². The van der Waals surface area contributed by atoms with Crippen LogP contribution in [0.4, 0.5) is 0 Å². The summed E-state index contributed by atoms with van der Waals surface area (Å²) < 4.78 is 27.7. The van der Waals surface area contributed by atoms with Crippen LogP contribution in [0.25, 0.3) is 11.1 Å². The molecule has 0 amide bonds. The lowest BCUT2D eigenvalue weighted by Gasteiger charge is -2.24. The van der Waals surface area contributed by atoms with Gasteiger partial charge in [0.05, 0.1) is 26.4 Å². The number of aromatic hydroxyl groups is 1. The van der Waals surface area contributed by atoms with Crippen LogP contribution in [-0.2, 0) is 25.7 Å². The Hall–Kier alpha value is -4.42. The summed E-state index contributed by atoms with van der Waals surface area (Å²) in [5.74, 6) is 3.73. The van der Waals surface area contributed by atoms with E-state index in [0.29, 0.717) is 52.1 Å². The Kier molecular flexibility index (Phi) is 13.3. The Balaban J connectivity index is 1.68. The van der Waals surface area contributed by atoms with Crippen molar-refractivity contribution in [3.05, 3.63) is 133 Å². The second-order valence-corrected chi connectivity index (χ2v) is 15.6. The van der Waals surface area contributed by atoms with E-state index in [1.165, 1.54) is 22.3 Å². The molecule has 5 aromatic carbocycles. The predicted octanol–water partition coefficient (Wildman–Crippen LogP) is 12.3. The summed E-state index contributed by atoms with van der Waals surface area (Å²) in [6.45, 7) is 15.3. The van der Waals surface area contributed by atoms with Crippen molar-refractivity contribution in [2.45, 2.75) is 92.9 Å². The van der Waals surface area contributed by atoms with Gasteiger partial charge < -0.3 is 24.1 Å². The maximum atomic E-state index is 11.2. The summed E-state index contributed by atoms with van der Waals surface area (Å²) in [6.07, 6.45) is 5.86. The number of fused-ring (bicyclic) bond motifs is 8. The fraction of sp³-hybridized carbons (Fsp3) is 0.375. The fourth-order valence-electron chi connectivity index (χ4n) is 7.59. The van der Waals surface area contributed by atoms with Crippen molar-refractivity contribution < 1.29 is 24.1 Å². The van der Waals surface area contributed by atoms with Crippen LogP contribution in [-0.4, -0.2) is 31.5 Å². The summed E-state index contributed by atoms with van der Waals surface area (Å²) in [4.78, 5) is 0. The predicted molar refractivity (Wildman–Crippen MR) is 224 cm³/mol. The first-order chi connectivity index (χ1) is 26.2. The van der Waals surface area contributed by atoms with Crippen LogP contribution >= 0.6 is 15.9 Å². The zero-order valence-electron chi connectivity index (χ0n) is 32.9. The highest BCUT2D eigenvalue weighted by Gasteiger charge is 2.24. The van der Waals surface area contributed by atoms with Gasteiger partial charge in [-0.05, 0) is 109 Å². The van der Waals surface area contributed by atoms with Gasteiger partial charge in [0.2, 0.25) is 0 Å². The lowest BCUT2D eigenvalue weighted by atomic mass is 9.89. The lowest BCUT2D eigenvalue weighted by Crippen LogP contribution is -2.10. The molecule has 0 aromatic heterocycles. The monoisotopic (exact) mass is 790 g/mol. The smallest absolute Gasteiger partial charge is 0.126 e. The van der Waals surface area contributed by atoms with Crippen molar-refractivity contribution in [2.24, 2.45) is 0 Å². The number of rotatable bonds is 13. The molecule has 8 bridgehead atoms. The van der Waals surface area contributed by atoms with Gasteiger partial charge >= 0.3 is 0 Å². The first kappa shape index (κ1) is 39.3. The van der Waals surface area contributed by atoms with E-state index in [1.807, 2.05) is 12.1 Å². The number of aryl methyl sites for hydroxylation is 2. The van der Waals surface area contributed by atoms with Gasteiger partial charge in [-0.1, -0.05) is 91.1 Å². The number of benzene rings is 5. The number of ether oxygens (including phenoxy) is 4. The third-order valence-corrected chi connectivity index (χ3v) is 10.2. The van der Waals surface area contributed by atoms with E-state index in [1.54, 1.807) is 0 Å². The van der Waals surface area contributed by atoms with Crippen molar-refractivity contribution in [3.63, 3.8) is 0 Å². The van der Waals surface area contributed by atoms with Gasteiger partial charge in [-0.15, -0.1) is 0 Å². The zero-order chi connectivity index (χ0) is 38.2. The van der Waals surface area contributed by atoms with Crippen LogP contribution in [0.5, 0.6) is 28.7 Å². The molecule has 0 saturated carbocycles. The fourth-order valence-corrected chi connectivity index (χ4v) is 8.15. The molecule has 284 valence electrons. The number of phenolic OH excluding ortho intramolecular Hbond substituents is 1. The molecule has 1 N–H and O–H groups in total. The van der Waals surface area contributed by atoms with Crippen LogP contribution < -0.4 is 18.9 Å². The normalized spacial score (nSPS) is 12.4. The SMILES string of the molecule is CCCOc1c2cccc1Cc1cc(-c3cc(C)cc(C)c3)cc(c1OCCC)Cc1cc(Br)cc(c1OCCC)Cc1cc(O)cc(c1OCCC)C2. The van der Waals surface area contributed by atoms with Crippen LogP contribution in [0.2, 0.25) is 0 Å². The number of halogens is 1. The van der Waals surface area contributed by atoms with Crippen LogP contribution in [0.1, 0.15) is 109 Å². The molecule has 6 rings (SSSR count). The Morgan fingerprint density at radius 2 is 0.796 bits per heavy atom. The number of phenols is 1. The molecule has 0 atom stereocenters. The standard InChI is InChI=1S/C48H55BrO5/c1-7-14-51-45-33-12-11-13-34(45)22-41-29-44(50)30-42(48(41)54-17-10-4)26-40-28-43(49)27-39(47(40)53-16-9-3)25-38-24-36(35-19-31(5)18-32(6)20-35)23-37(21-33)46(38)52-15-8-2/h11-13,18-20,23-24,27-30,50H,7-10,14-17,21-22,25-26H2,1-6H3. The molecule has 0 radical (unpaired) electrons. The van der Waals surface area contributed by atoms with E-state index >= 15 is 0 Å². The third kappa shape index (κ3) is 9.26. The van der Waals surface area contributed by atoms with Crippen molar-refractivity contribution >= 4 is 15.9 Å². The molecule has 0 spiro atoms. The van der Waals surface area contributed by atoms with Gasteiger partial charge in [0, 0.05) is 52.4 Å². The van der Waals surface area contributed by atoms with E-state index in [0.717, 1.165) is 97.7 Å². The van der Waals surface area contributed by atoms with Crippen LogP contribution in [0, 0.1) is 13.8 Å². The first-order valence-corrected chi connectivity index (χ1v) is 20.5. The molecule has 5 aromatic rings. The van der Waals surface area contributed by atoms with Crippen molar-refractivity contribution in [3.8, 4) is 39.9 Å². The van der Waals surface area contributed by atoms with Crippen LogP contribution in [0.15, 0.2) is 77.3 Å². The molecule has 5 nitrogen and oxygen atoms in total. The van der Waals surface area contributed by atoms with E-state index < -0.39 is 0 Å². The highest BCUT2D eigenvalue weighted by Crippen LogP contribution is 2.42. The van der Waals surface area contributed by atoms with Gasteiger partial charge in [-0.3, -0.25) is 0 Å². The largest absolute Gasteiger partial charge is 0.508 e. The quantitative estimate of drug-likeness (QED) is 0.126. The Labute approximate surface area is 330 Å². The minimum absolute atomic E-state index is 0.218. The first-order valence-electron chi connectivity index (χ1n) is 19.7. The molecule has 0 saturated heterocycles. The molecule has 0 unspecified atom stereocenters. The average Bonchev–Trinajstić information content (AvgIpc) is 3.12. The third-order valence-electron chi connectivity index (χ3n) is 9.74. The van der Waals surface area contributed by atoms with E-state index in [9.17, 15) is 5.11 Å². The van der Waals surface area contributed by atoms with Gasteiger partial charge in [-0.25, -0.2) is 0 Å². The van der Waals surface area contributed by atoms with E-state index in [-0.39, 0.29) is 5.75 Å². The zero-order valence-corrected chi connectivity index (χ0v) is 34.5. The van der Waals surface area contributed by atoms with E-state index in [4.69, 9.17) is 18.9 Å². The summed E-state index contributed by atoms with van der Waals surface area (Å²) in [5.41, 5.74) is 13.2.